The first-order chi connectivity index (χ1) is 14.3. The molecule has 1 aromatic heterocycles. The number of hydrogen-bond acceptors (Lipinski definition) is 3. The lowest BCUT2D eigenvalue weighted by Gasteiger charge is -2.50. The van der Waals surface area contributed by atoms with E-state index in [1.165, 1.54) is 12.1 Å². The van der Waals surface area contributed by atoms with Crippen LogP contribution >= 0.6 is 35.2 Å². The molecular formula is C22H27ClF3N3S2. The minimum Gasteiger partial charge on any atom is -0.341 e. The number of halogens is 4. The molecule has 0 aliphatic carbocycles. The van der Waals surface area contributed by atoms with E-state index in [4.69, 9.17) is 23.8 Å². The predicted octanol–water partition coefficient (Wildman–Crippen LogP) is 6.93. The minimum atomic E-state index is -4.51. The molecule has 31 heavy (non-hydrogen) atoms. The van der Waals surface area contributed by atoms with E-state index in [0.29, 0.717) is 6.54 Å². The van der Waals surface area contributed by atoms with Gasteiger partial charge in [0.05, 0.1) is 17.8 Å². The molecule has 9 heteroatoms. The van der Waals surface area contributed by atoms with Crippen LogP contribution in [0.3, 0.4) is 0 Å². The van der Waals surface area contributed by atoms with Crippen molar-refractivity contribution in [2.75, 3.05) is 5.32 Å². The summed E-state index contributed by atoms with van der Waals surface area (Å²) in [6, 6.07) is 7.52. The van der Waals surface area contributed by atoms with Gasteiger partial charge in [0.15, 0.2) is 5.11 Å². The van der Waals surface area contributed by atoms with Gasteiger partial charge in [0.1, 0.15) is 0 Å². The standard InChI is InChI=1S/C22H27ClF3N3S2/c1-20(2)11-15(12-21(3,4)28-20)29(13-16-6-5-9-31-16)19(30)27-18-10-14(23)7-8-17(18)22(24,25)26/h5-10,15,28H,11-13H2,1-4H3,(H,27,30). The Bertz CT molecular complexity index is 911. The molecule has 1 aliphatic rings. The lowest BCUT2D eigenvalue weighted by Crippen LogP contribution is -2.63. The zero-order valence-electron chi connectivity index (χ0n) is 17.9. The fourth-order valence-corrected chi connectivity index (χ4v) is 5.68. The first-order valence-electron chi connectivity index (χ1n) is 10.0. The summed E-state index contributed by atoms with van der Waals surface area (Å²) in [6.07, 6.45) is -2.89. The Morgan fingerprint density at radius 3 is 2.42 bits per heavy atom. The highest BCUT2D eigenvalue weighted by Gasteiger charge is 2.41. The normalized spacial score (nSPS) is 18.6. The molecule has 3 nitrogen and oxygen atoms in total. The second-order valence-electron chi connectivity index (χ2n) is 9.28. The SMILES string of the molecule is CC1(C)CC(N(Cc2cccs2)C(=S)Nc2cc(Cl)ccc2C(F)(F)F)CC(C)(C)N1. The van der Waals surface area contributed by atoms with Crippen molar-refractivity contribution in [2.24, 2.45) is 0 Å². The van der Waals surface area contributed by atoms with Gasteiger partial charge in [-0.05, 0) is 82.4 Å². The summed E-state index contributed by atoms with van der Waals surface area (Å²) in [7, 11) is 0. The molecule has 2 aromatic rings. The fraction of sp³-hybridized carbons (Fsp3) is 0.500. The number of piperidine rings is 1. The molecule has 2 N–H and O–H groups in total. The summed E-state index contributed by atoms with van der Waals surface area (Å²) < 4.78 is 40.6. The number of alkyl halides is 3. The monoisotopic (exact) mass is 489 g/mol. The number of rotatable bonds is 4. The van der Waals surface area contributed by atoms with Crippen LogP contribution in [0.15, 0.2) is 35.7 Å². The van der Waals surface area contributed by atoms with E-state index in [1.807, 2.05) is 22.4 Å². The van der Waals surface area contributed by atoms with Crippen LogP contribution in [0.4, 0.5) is 18.9 Å². The number of thiocarbonyl (C=S) groups is 1. The molecule has 0 atom stereocenters. The van der Waals surface area contributed by atoms with E-state index in [1.54, 1.807) is 11.3 Å². The van der Waals surface area contributed by atoms with E-state index in [9.17, 15) is 13.2 Å². The second-order valence-corrected chi connectivity index (χ2v) is 11.1. The largest absolute Gasteiger partial charge is 0.418 e. The van der Waals surface area contributed by atoms with Gasteiger partial charge in [-0.3, -0.25) is 0 Å². The molecule has 0 amide bonds. The Balaban J connectivity index is 1.93. The minimum absolute atomic E-state index is 0.0573. The molecule has 3 rings (SSSR count). The summed E-state index contributed by atoms with van der Waals surface area (Å²) in [5.41, 5.74) is -1.19. The highest BCUT2D eigenvalue weighted by atomic mass is 35.5. The number of thiophene rings is 1. The molecule has 2 heterocycles. The van der Waals surface area contributed by atoms with Gasteiger partial charge in [0.2, 0.25) is 0 Å². The van der Waals surface area contributed by atoms with Crippen LogP contribution in [0.25, 0.3) is 0 Å². The summed E-state index contributed by atoms with van der Waals surface area (Å²) >= 11 is 13.3. The Labute approximate surface area is 196 Å². The molecule has 0 unspecified atom stereocenters. The molecule has 170 valence electrons. The van der Waals surface area contributed by atoms with Crippen molar-refractivity contribution in [1.29, 1.82) is 0 Å². The molecule has 1 saturated heterocycles. The van der Waals surface area contributed by atoms with Crippen LogP contribution in [0.5, 0.6) is 0 Å². The van der Waals surface area contributed by atoms with E-state index in [0.717, 1.165) is 23.8 Å². The number of anilines is 1. The number of nitrogens with zero attached hydrogens (tertiary/aromatic N) is 1. The first-order valence-corrected chi connectivity index (χ1v) is 11.7. The smallest absolute Gasteiger partial charge is 0.341 e. The summed E-state index contributed by atoms with van der Waals surface area (Å²) in [5.74, 6) is 0. The summed E-state index contributed by atoms with van der Waals surface area (Å²) in [6.45, 7) is 9.08. The van der Waals surface area contributed by atoms with Crippen molar-refractivity contribution >= 4 is 46.0 Å². The van der Waals surface area contributed by atoms with Crippen molar-refractivity contribution < 1.29 is 13.2 Å². The predicted molar refractivity (Wildman–Crippen MR) is 127 cm³/mol. The van der Waals surface area contributed by atoms with Crippen LogP contribution in [0, 0.1) is 0 Å². The van der Waals surface area contributed by atoms with Gasteiger partial charge in [0.25, 0.3) is 0 Å². The van der Waals surface area contributed by atoms with E-state index >= 15 is 0 Å². The van der Waals surface area contributed by atoms with Crippen LogP contribution < -0.4 is 10.6 Å². The Hall–Kier alpha value is -1.35. The Kier molecular flexibility index (Phi) is 6.96. The third-order valence-corrected chi connectivity index (χ3v) is 6.74. The van der Waals surface area contributed by atoms with Gasteiger partial charge in [-0.2, -0.15) is 13.2 Å². The van der Waals surface area contributed by atoms with Gasteiger partial charge < -0.3 is 15.5 Å². The van der Waals surface area contributed by atoms with Crippen molar-refractivity contribution in [2.45, 2.75) is 70.4 Å². The van der Waals surface area contributed by atoms with Crippen molar-refractivity contribution in [1.82, 2.24) is 10.2 Å². The third-order valence-electron chi connectivity index (χ3n) is 5.31. The maximum absolute atomic E-state index is 13.5. The van der Waals surface area contributed by atoms with Gasteiger partial charge in [-0.25, -0.2) is 0 Å². The van der Waals surface area contributed by atoms with Gasteiger partial charge in [-0.1, -0.05) is 17.7 Å². The maximum Gasteiger partial charge on any atom is 0.418 e. The first kappa shape index (κ1) is 24.3. The Morgan fingerprint density at radius 2 is 1.87 bits per heavy atom. The van der Waals surface area contributed by atoms with Crippen LogP contribution in [0.2, 0.25) is 5.02 Å². The van der Waals surface area contributed by atoms with E-state index < -0.39 is 11.7 Å². The highest BCUT2D eigenvalue weighted by molar-refractivity contribution is 7.80. The highest BCUT2D eigenvalue weighted by Crippen LogP contribution is 2.37. The van der Waals surface area contributed by atoms with E-state index in [2.05, 4.69) is 38.3 Å². The summed E-state index contributed by atoms with van der Waals surface area (Å²) in [5, 5.41) is 8.97. The van der Waals surface area contributed by atoms with Crippen LogP contribution in [-0.4, -0.2) is 27.1 Å². The van der Waals surface area contributed by atoms with Crippen LogP contribution in [-0.2, 0) is 12.7 Å². The van der Waals surface area contributed by atoms with Crippen molar-refractivity contribution in [3.8, 4) is 0 Å². The number of hydrogen-bond donors (Lipinski definition) is 2. The molecule has 0 spiro atoms. The van der Waals surface area contributed by atoms with Gasteiger partial charge in [-0.15, -0.1) is 11.3 Å². The number of nitrogens with one attached hydrogen (secondary N) is 2. The molecule has 1 aliphatic heterocycles. The Morgan fingerprint density at radius 1 is 1.23 bits per heavy atom. The second kappa shape index (κ2) is 8.89. The molecule has 1 fully saturated rings. The lowest BCUT2D eigenvalue weighted by molar-refractivity contribution is -0.136. The quantitative estimate of drug-likeness (QED) is 0.455. The molecule has 0 saturated carbocycles. The zero-order valence-corrected chi connectivity index (χ0v) is 20.3. The third kappa shape index (κ3) is 6.34. The average Bonchev–Trinajstić information content (AvgIpc) is 3.08. The molecule has 1 aromatic carbocycles. The molecular weight excluding hydrogens is 463 g/mol. The van der Waals surface area contributed by atoms with Gasteiger partial charge in [0, 0.05) is 27.0 Å². The summed E-state index contributed by atoms with van der Waals surface area (Å²) in [4.78, 5) is 3.12. The van der Waals surface area contributed by atoms with Crippen molar-refractivity contribution in [3.63, 3.8) is 0 Å². The lowest BCUT2D eigenvalue weighted by atomic mass is 9.79. The van der Waals surface area contributed by atoms with Crippen molar-refractivity contribution in [3.05, 3.63) is 51.2 Å². The zero-order chi connectivity index (χ0) is 23.0. The van der Waals surface area contributed by atoms with Crippen LogP contribution in [0.1, 0.15) is 51.0 Å². The topological polar surface area (TPSA) is 27.3 Å². The van der Waals surface area contributed by atoms with Gasteiger partial charge >= 0.3 is 6.18 Å². The fourth-order valence-electron chi connectivity index (χ4n) is 4.48. The molecule has 0 bridgehead atoms. The van der Waals surface area contributed by atoms with E-state index in [-0.39, 0.29) is 32.9 Å². The number of benzene rings is 1. The molecule has 0 radical (unpaired) electrons. The maximum atomic E-state index is 13.5. The average molecular weight is 490 g/mol.